The monoisotopic (exact) mass is 388 g/mol. The molecule has 0 aliphatic heterocycles. The Morgan fingerprint density at radius 1 is 1.26 bits per heavy atom. The maximum atomic E-state index is 11.9. The number of hydrazine groups is 1. The quantitative estimate of drug-likeness (QED) is 0.431. The van der Waals surface area contributed by atoms with Gasteiger partial charge in [0.05, 0.1) is 11.2 Å². The smallest absolute Gasteiger partial charge is 0.355 e. The van der Waals surface area contributed by atoms with Crippen molar-refractivity contribution >= 4 is 40.5 Å². The lowest BCUT2D eigenvalue weighted by molar-refractivity contribution is -0.383. The van der Waals surface area contributed by atoms with Gasteiger partial charge in [0.15, 0.2) is 5.76 Å². The van der Waals surface area contributed by atoms with Crippen molar-refractivity contribution in [2.24, 2.45) is 0 Å². The number of carbonyl (C=O) groups is 1. The van der Waals surface area contributed by atoms with E-state index in [4.69, 9.17) is 16.0 Å². The molecular formula is C16H13ClN6O4. The van der Waals surface area contributed by atoms with E-state index in [2.05, 4.69) is 26.1 Å². The normalized spacial score (nSPS) is 10.3. The third-order valence-corrected chi connectivity index (χ3v) is 3.73. The molecule has 2 heterocycles. The molecular weight excluding hydrogens is 376 g/mol. The second-order valence-corrected chi connectivity index (χ2v) is 5.75. The van der Waals surface area contributed by atoms with E-state index in [1.165, 1.54) is 18.4 Å². The molecule has 138 valence electrons. The number of carbonyl (C=O) groups excluding carboxylic acids is 1. The lowest BCUT2D eigenvalue weighted by atomic mass is 10.2. The molecule has 0 saturated carbocycles. The Balaban J connectivity index is 1.87. The maximum Gasteiger partial charge on any atom is 0.355 e. The van der Waals surface area contributed by atoms with Crippen LogP contribution in [-0.2, 0) is 0 Å². The molecule has 0 atom stereocenters. The van der Waals surface area contributed by atoms with E-state index in [0.717, 1.165) is 11.9 Å². The van der Waals surface area contributed by atoms with E-state index in [0.29, 0.717) is 10.7 Å². The zero-order valence-electron chi connectivity index (χ0n) is 13.9. The second-order valence-electron chi connectivity index (χ2n) is 5.32. The number of rotatable bonds is 6. The molecule has 0 aliphatic rings. The van der Waals surface area contributed by atoms with Crippen LogP contribution in [0.2, 0.25) is 5.02 Å². The number of nitrogens with one attached hydrogen (secondary N) is 3. The van der Waals surface area contributed by atoms with Crippen LogP contribution in [0.5, 0.6) is 0 Å². The van der Waals surface area contributed by atoms with Crippen molar-refractivity contribution < 1.29 is 14.1 Å². The van der Waals surface area contributed by atoms with Gasteiger partial charge >= 0.3 is 11.6 Å². The highest BCUT2D eigenvalue weighted by atomic mass is 35.5. The number of nitro groups is 1. The molecule has 0 radical (unpaired) electrons. The number of aromatic nitrogens is 2. The first-order valence-electron chi connectivity index (χ1n) is 7.58. The topological polar surface area (TPSA) is 135 Å². The zero-order valence-corrected chi connectivity index (χ0v) is 14.6. The Labute approximate surface area is 157 Å². The molecule has 0 fully saturated rings. The van der Waals surface area contributed by atoms with Crippen molar-refractivity contribution in [3.05, 3.63) is 69.4 Å². The van der Waals surface area contributed by atoms with E-state index < -0.39 is 16.5 Å². The number of hydrogen-bond acceptors (Lipinski definition) is 8. The first-order valence-corrected chi connectivity index (χ1v) is 7.96. The largest absolute Gasteiger partial charge is 0.459 e. The molecule has 0 saturated heterocycles. The summed E-state index contributed by atoms with van der Waals surface area (Å²) in [6, 6.07) is 8.07. The molecule has 0 unspecified atom stereocenters. The minimum Gasteiger partial charge on any atom is -0.459 e. The van der Waals surface area contributed by atoms with E-state index in [1.807, 2.05) is 6.92 Å². The fourth-order valence-corrected chi connectivity index (χ4v) is 2.35. The summed E-state index contributed by atoms with van der Waals surface area (Å²) in [4.78, 5) is 30.5. The average molecular weight is 389 g/mol. The third-order valence-electron chi connectivity index (χ3n) is 3.50. The van der Waals surface area contributed by atoms with Crippen molar-refractivity contribution in [1.82, 2.24) is 15.4 Å². The Bertz CT molecular complexity index is 993. The van der Waals surface area contributed by atoms with Gasteiger partial charge in [-0.3, -0.25) is 25.8 Å². The van der Waals surface area contributed by atoms with Crippen LogP contribution in [0.15, 0.2) is 47.3 Å². The molecule has 10 nitrogen and oxygen atoms in total. The van der Waals surface area contributed by atoms with Crippen LogP contribution in [-0.4, -0.2) is 20.8 Å². The van der Waals surface area contributed by atoms with Gasteiger partial charge in [-0.25, -0.2) is 9.97 Å². The van der Waals surface area contributed by atoms with Crippen LogP contribution in [0, 0.1) is 17.0 Å². The van der Waals surface area contributed by atoms with Crippen molar-refractivity contribution in [2.75, 3.05) is 10.7 Å². The summed E-state index contributed by atoms with van der Waals surface area (Å²) in [6.45, 7) is 1.81. The lowest BCUT2D eigenvalue weighted by Gasteiger charge is -2.12. The van der Waals surface area contributed by atoms with Crippen molar-refractivity contribution in [3.8, 4) is 0 Å². The van der Waals surface area contributed by atoms with Gasteiger partial charge < -0.3 is 9.73 Å². The summed E-state index contributed by atoms with van der Waals surface area (Å²) in [5.74, 6) is -0.840. The van der Waals surface area contributed by atoms with Gasteiger partial charge in [-0.05, 0) is 36.8 Å². The third kappa shape index (κ3) is 4.12. The molecule has 1 aromatic carbocycles. The zero-order chi connectivity index (χ0) is 19.4. The summed E-state index contributed by atoms with van der Waals surface area (Å²) in [5.41, 5.74) is 5.61. The van der Waals surface area contributed by atoms with E-state index in [-0.39, 0.29) is 17.4 Å². The predicted octanol–water partition coefficient (Wildman–Crippen LogP) is 3.44. The van der Waals surface area contributed by atoms with E-state index in [1.54, 1.807) is 18.2 Å². The summed E-state index contributed by atoms with van der Waals surface area (Å²) in [7, 11) is 0. The number of furan rings is 1. The fourth-order valence-electron chi connectivity index (χ4n) is 2.18. The van der Waals surface area contributed by atoms with Crippen molar-refractivity contribution in [1.29, 1.82) is 0 Å². The SMILES string of the molecule is Cc1ccc(Cl)cc1Nc1ncnc(NNC(=O)c2ccco2)c1[N+](=O)[O-]. The fraction of sp³-hybridized carbons (Fsp3) is 0.0625. The number of nitrogens with zero attached hydrogens (tertiary/aromatic N) is 3. The van der Waals surface area contributed by atoms with E-state index in [9.17, 15) is 14.9 Å². The number of benzene rings is 1. The Kier molecular flexibility index (Phi) is 5.18. The molecule has 3 rings (SSSR count). The predicted molar refractivity (Wildman–Crippen MR) is 98.0 cm³/mol. The molecule has 0 spiro atoms. The summed E-state index contributed by atoms with van der Waals surface area (Å²) in [6.07, 6.45) is 2.45. The number of amides is 1. The van der Waals surface area contributed by atoms with Crippen LogP contribution >= 0.6 is 11.6 Å². The van der Waals surface area contributed by atoms with Crippen molar-refractivity contribution in [3.63, 3.8) is 0 Å². The summed E-state index contributed by atoms with van der Waals surface area (Å²) >= 11 is 5.97. The van der Waals surface area contributed by atoms with Gasteiger partial charge in [-0.15, -0.1) is 0 Å². The van der Waals surface area contributed by atoms with Crippen molar-refractivity contribution in [2.45, 2.75) is 6.92 Å². The second kappa shape index (κ2) is 7.70. The standard InChI is InChI=1S/C16H13ClN6O4/c1-9-4-5-10(17)7-11(9)20-14-13(23(25)26)15(19-8-18-14)21-22-16(24)12-3-2-6-27-12/h2-8H,1H3,(H,22,24)(H2,18,19,20,21). The van der Waals surface area contributed by atoms with E-state index >= 15 is 0 Å². The van der Waals surface area contributed by atoms with Crippen LogP contribution in [0.3, 0.4) is 0 Å². The maximum absolute atomic E-state index is 11.9. The molecule has 3 aromatic rings. The van der Waals surface area contributed by atoms with Crippen LogP contribution in [0.1, 0.15) is 16.1 Å². The first kappa shape index (κ1) is 18.1. The minimum atomic E-state index is -0.663. The first-order chi connectivity index (χ1) is 13.0. The minimum absolute atomic E-state index is 0.0344. The molecule has 27 heavy (non-hydrogen) atoms. The Hall–Kier alpha value is -3.66. The summed E-state index contributed by atoms with van der Waals surface area (Å²) in [5, 5.41) is 14.9. The molecule has 0 bridgehead atoms. The molecule has 3 N–H and O–H groups in total. The van der Waals surface area contributed by atoms with Gasteiger partial charge in [0, 0.05) is 10.7 Å². The average Bonchev–Trinajstić information content (AvgIpc) is 3.17. The number of hydrogen-bond donors (Lipinski definition) is 3. The summed E-state index contributed by atoms with van der Waals surface area (Å²) < 4.78 is 4.94. The van der Waals surface area contributed by atoms with Gasteiger partial charge in [0.2, 0.25) is 11.6 Å². The van der Waals surface area contributed by atoms with Gasteiger partial charge in [0.1, 0.15) is 6.33 Å². The van der Waals surface area contributed by atoms with Crippen LogP contribution < -0.4 is 16.2 Å². The van der Waals surface area contributed by atoms with Gasteiger partial charge in [0.25, 0.3) is 0 Å². The number of aryl methyl sites for hydroxylation is 1. The molecule has 11 heteroatoms. The molecule has 0 aliphatic carbocycles. The highest BCUT2D eigenvalue weighted by molar-refractivity contribution is 6.30. The highest BCUT2D eigenvalue weighted by Gasteiger charge is 2.24. The molecule has 1 amide bonds. The highest BCUT2D eigenvalue weighted by Crippen LogP contribution is 2.32. The number of halogens is 1. The van der Waals surface area contributed by atoms with Crippen LogP contribution in [0.25, 0.3) is 0 Å². The number of anilines is 3. The van der Waals surface area contributed by atoms with Crippen LogP contribution in [0.4, 0.5) is 23.0 Å². The molecule has 2 aromatic heterocycles. The van der Waals surface area contributed by atoms with Gasteiger partial charge in [-0.2, -0.15) is 0 Å². The Morgan fingerprint density at radius 3 is 2.74 bits per heavy atom. The van der Waals surface area contributed by atoms with Gasteiger partial charge in [-0.1, -0.05) is 17.7 Å². The Morgan fingerprint density at radius 2 is 2.04 bits per heavy atom. The lowest BCUT2D eigenvalue weighted by Crippen LogP contribution is -2.30.